The number of para-hydroxylation sites is 1. The van der Waals surface area contributed by atoms with Gasteiger partial charge in [-0.2, -0.15) is 0 Å². The molecule has 0 bridgehead atoms. The highest BCUT2D eigenvalue weighted by atomic mass is 32.1. The zero-order valence-corrected chi connectivity index (χ0v) is 17.5. The Bertz CT molecular complexity index is 950. The molecule has 2 aromatic rings. The number of amides is 2. The van der Waals surface area contributed by atoms with Crippen LogP contribution < -0.4 is 10.2 Å². The number of fused-ring (bicyclic) bond motifs is 1. The number of esters is 1. The molecule has 1 aliphatic rings. The van der Waals surface area contributed by atoms with E-state index >= 15 is 0 Å². The molecular formula is C21H24N2O4S. The molecule has 0 saturated heterocycles. The van der Waals surface area contributed by atoms with Gasteiger partial charge in [0.1, 0.15) is 5.00 Å². The highest BCUT2D eigenvalue weighted by molar-refractivity contribution is 7.16. The number of hydrogen-bond donors (Lipinski definition) is 1. The second-order valence-electron chi connectivity index (χ2n) is 7.11. The van der Waals surface area contributed by atoms with Gasteiger partial charge in [0.05, 0.1) is 5.56 Å². The number of benzene rings is 1. The molecule has 0 spiro atoms. The van der Waals surface area contributed by atoms with Crippen LogP contribution in [0.1, 0.15) is 47.1 Å². The highest BCUT2D eigenvalue weighted by Crippen LogP contribution is 2.35. The predicted molar refractivity (Wildman–Crippen MR) is 110 cm³/mol. The quantitative estimate of drug-likeness (QED) is 0.791. The Morgan fingerprint density at radius 1 is 1.25 bits per heavy atom. The Hall–Kier alpha value is -2.67. The maximum absolute atomic E-state index is 13.0. The molecule has 0 saturated carbocycles. The van der Waals surface area contributed by atoms with Crippen LogP contribution in [0.5, 0.6) is 0 Å². The van der Waals surface area contributed by atoms with Crippen LogP contribution in [-0.2, 0) is 20.7 Å². The van der Waals surface area contributed by atoms with Crippen LogP contribution in [0.4, 0.5) is 10.7 Å². The smallest absolute Gasteiger partial charge is 0.342 e. The van der Waals surface area contributed by atoms with Gasteiger partial charge in [-0.05, 0) is 51.3 Å². The summed E-state index contributed by atoms with van der Waals surface area (Å²) in [5, 5.41) is 3.13. The number of nitrogens with one attached hydrogen (secondary N) is 1. The molecule has 6 nitrogen and oxygen atoms in total. The second kappa shape index (κ2) is 7.75. The fourth-order valence-corrected chi connectivity index (χ4v) is 4.58. The third-order valence-corrected chi connectivity index (χ3v) is 6.08. The van der Waals surface area contributed by atoms with Crippen molar-refractivity contribution in [3.05, 3.63) is 45.8 Å². The van der Waals surface area contributed by atoms with Crippen molar-refractivity contribution in [1.82, 2.24) is 0 Å². The van der Waals surface area contributed by atoms with Gasteiger partial charge in [0.2, 0.25) is 5.91 Å². The molecule has 2 heterocycles. The number of aryl methyl sites for hydroxylation is 1. The van der Waals surface area contributed by atoms with Crippen molar-refractivity contribution >= 4 is 39.8 Å². The van der Waals surface area contributed by atoms with Crippen molar-refractivity contribution in [3.8, 4) is 0 Å². The lowest BCUT2D eigenvalue weighted by atomic mass is 10.1. The summed E-state index contributed by atoms with van der Waals surface area (Å²) in [6.07, 6.45) is -0.163. The normalized spacial score (nSPS) is 16.5. The minimum atomic E-state index is -0.939. The van der Waals surface area contributed by atoms with Gasteiger partial charge < -0.3 is 15.0 Å². The van der Waals surface area contributed by atoms with Gasteiger partial charge in [0.15, 0.2) is 6.10 Å². The minimum Gasteiger partial charge on any atom is -0.449 e. The van der Waals surface area contributed by atoms with E-state index in [4.69, 9.17) is 4.74 Å². The molecule has 2 amide bonds. The number of rotatable bonds is 4. The third-order valence-electron chi connectivity index (χ3n) is 4.96. The predicted octanol–water partition coefficient (Wildman–Crippen LogP) is 3.85. The molecule has 28 heavy (non-hydrogen) atoms. The first kappa shape index (κ1) is 20.1. The fraction of sp³-hybridized carbons (Fsp3) is 0.381. The van der Waals surface area contributed by atoms with E-state index in [0.717, 1.165) is 28.1 Å². The molecule has 1 aromatic heterocycles. The van der Waals surface area contributed by atoms with Crippen molar-refractivity contribution in [1.29, 1.82) is 0 Å². The van der Waals surface area contributed by atoms with Gasteiger partial charge in [-0.1, -0.05) is 18.2 Å². The van der Waals surface area contributed by atoms with Crippen molar-refractivity contribution in [3.63, 3.8) is 0 Å². The summed E-state index contributed by atoms with van der Waals surface area (Å²) in [4.78, 5) is 39.9. The molecule has 3 rings (SSSR count). The number of anilines is 2. The fourth-order valence-electron chi connectivity index (χ4n) is 3.49. The number of ether oxygens (including phenoxy) is 1. The lowest BCUT2D eigenvalue weighted by Crippen LogP contribution is -2.43. The van der Waals surface area contributed by atoms with E-state index in [2.05, 4.69) is 5.32 Å². The van der Waals surface area contributed by atoms with Gasteiger partial charge >= 0.3 is 5.97 Å². The molecule has 0 radical (unpaired) electrons. The van der Waals surface area contributed by atoms with E-state index in [9.17, 15) is 14.4 Å². The SMILES string of the molecule is CC(=O)Nc1sc(C)c(C)c1C(=O)O[C@H](C)C(=O)N1c2ccccc2C[C@@H]1C. The monoisotopic (exact) mass is 400 g/mol. The van der Waals surface area contributed by atoms with Gasteiger partial charge in [0.25, 0.3) is 5.91 Å². The van der Waals surface area contributed by atoms with Crippen LogP contribution >= 0.6 is 11.3 Å². The number of nitrogens with zero attached hydrogens (tertiary/aromatic N) is 1. The van der Waals surface area contributed by atoms with Crippen molar-refractivity contribution in [2.45, 2.75) is 53.2 Å². The summed E-state index contributed by atoms with van der Waals surface area (Å²) >= 11 is 1.32. The molecule has 2 atom stereocenters. The first-order valence-corrected chi connectivity index (χ1v) is 10.0. The van der Waals surface area contributed by atoms with Crippen molar-refractivity contribution in [2.24, 2.45) is 0 Å². The molecule has 0 aliphatic carbocycles. The Morgan fingerprint density at radius 3 is 2.61 bits per heavy atom. The second-order valence-corrected chi connectivity index (χ2v) is 8.33. The summed E-state index contributed by atoms with van der Waals surface area (Å²) < 4.78 is 5.52. The molecule has 148 valence electrons. The van der Waals surface area contributed by atoms with Crippen LogP contribution in [-0.4, -0.2) is 29.9 Å². The molecular weight excluding hydrogens is 376 g/mol. The van der Waals surface area contributed by atoms with Crippen LogP contribution in [0.2, 0.25) is 0 Å². The van der Waals surface area contributed by atoms with E-state index < -0.39 is 12.1 Å². The Balaban J connectivity index is 1.80. The first-order valence-electron chi connectivity index (χ1n) is 9.20. The Kier molecular flexibility index (Phi) is 5.56. The average molecular weight is 401 g/mol. The Morgan fingerprint density at radius 2 is 1.93 bits per heavy atom. The number of carbonyl (C=O) groups is 3. The summed E-state index contributed by atoms with van der Waals surface area (Å²) in [5.74, 6) is -1.12. The standard InChI is InChI=1S/C21H24N2O4S/c1-11-10-16-8-6-7-9-17(16)23(11)20(25)13(3)27-21(26)18-12(2)14(4)28-19(18)22-15(5)24/h6-9,11,13H,10H2,1-5H3,(H,22,24)/t11-,13+/m0/s1. The number of carbonyl (C=O) groups excluding carboxylic acids is 3. The molecule has 1 N–H and O–H groups in total. The van der Waals surface area contributed by atoms with Crippen LogP contribution in [0.25, 0.3) is 0 Å². The molecule has 0 unspecified atom stereocenters. The minimum absolute atomic E-state index is 0.00567. The third kappa shape index (κ3) is 3.67. The molecule has 0 fully saturated rings. The largest absolute Gasteiger partial charge is 0.449 e. The lowest BCUT2D eigenvalue weighted by molar-refractivity contribution is -0.126. The van der Waals surface area contributed by atoms with Gasteiger partial charge in [-0.25, -0.2) is 4.79 Å². The number of hydrogen-bond acceptors (Lipinski definition) is 5. The maximum Gasteiger partial charge on any atom is 0.342 e. The van der Waals surface area contributed by atoms with Crippen LogP contribution in [0.15, 0.2) is 24.3 Å². The summed E-state index contributed by atoms with van der Waals surface area (Å²) in [6, 6.07) is 7.77. The first-order chi connectivity index (χ1) is 13.2. The number of thiophene rings is 1. The van der Waals surface area contributed by atoms with E-state index in [1.807, 2.05) is 38.1 Å². The van der Waals surface area contributed by atoms with E-state index in [0.29, 0.717) is 10.6 Å². The topological polar surface area (TPSA) is 75.7 Å². The van der Waals surface area contributed by atoms with Crippen LogP contribution in [0, 0.1) is 13.8 Å². The summed E-state index contributed by atoms with van der Waals surface area (Å²) in [6.45, 7) is 8.63. The van der Waals surface area contributed by atoms with Crippen molar-refractivity contribution < 1.29 is 19.1 Å². The maximum atomic E-state index is 13.0. The summed E-state index contributed by atoms with van der Waals surface area (Å²) in [5.41, 5.74) is 3.04. The zero-order chi connectivity index (χ0) is 20.6. The Labute approximate surface area is 168 Å². The highest BCUT2D eigenvalue weighted by Gasteiger charge is 2.35. The molecule has 1 aromatic carbocycles. The van der Waals surface area contributed by atoms with Gasteiger partial charge in [0, 0.05) is 23.5 Å². The summed E-state index contributed by atoms with van der Waals surface area (Å²) in [7, 11) is 0. The van der Waals surface area contributed by atoms with Gasteiger partial charge in [-0.3, -0.25) is 9.59 Å². The van der Waals surface area contributed by atoms with Crippen LogP contribution in [0.3, 0.4) is 0 Å². The molecule has 7 heteroatoms. The zero-order valence-electron chi connectivity index (χ0n) is 16.7. The molecule has 1 aliphatic heterocycles. The van der Waals surface area contributed by atoms with Crippen molar-refractivity contribution in [2.75, 3.05) is 10.2 Å². The van der Waals surface area contributed by atoms with Gasteiger partial charge in [-0.15, -0.1) is 11.3 Å². The van der Waals surface area contributed by atoms with E-state index in [1.165, 1.54) is 18.3 Å². The average Bonchev–Trinajstić information content (AvgIpc) is 3.09. The van der Waals surface area contributed by atoms with E-state index in [-0.39, 0.29) is 17.9 Å². The lowest BCUT2D eigenvalue weighted by Gasteiger charge is -2.26. The van der Waals surface area contributed by atoms with E-state index in [1.54, 1.807) is 18.7 Å².